The van der Waals surface area contributed by atoms with Gasteiger partial charge in [0, 0.05) is 19.2 Å². The minimum Gasteiger partial charge on any atom is -0.496 e. The normalized spacial score (nSPS) is 12.2. The van der Waals surface area contributed by atoms with E-state index in [1.165, 1.54) is 19.2 Å². The Morgan fingerprint density at radius 2 is 2.21 bits per heavy atom. The first-order chi connectivity index (χ1) is 9.06. The lowest BCUT2D eigenvalue weighted by atomic mass is 10.1. The van der Waals surface area contributed by atoms with E-state index < -0.39 is 4.92 Å². The van der Waals surface area contributed by atoms with Gasteiger partial charge in [0.2, 0.25) is 0 Å². The molecule has 0 aliphatic heterocycles. The summed E-state index contributed by atoms with van der Waals surface area (Å²) in [4.78, 5) is 10.4. The van der Waals surface area contributed by atoms with Crippen LogP contribution in [0.1, 0.15) is 18.9 Å². The van der Waals surface area contributed by atoms with Gasteiger partial charge in [-0.1, -0.05) is 6.92 Å². The van der Waals surface area contributed by atoms with Crippen molar-refractivity contribution in [3.8, 4) is 5.75 Å². The minimum absolute atomic E-state index is 0.0274. The van der Waals surface area contributed by atoms with E-state index in [0.717, 1.165) is 18.5 Å². The van der Waals surface area contributed by atoms with Crippen molar-refractivity contribution >= 4 is 5.69 Å². The molecule has 0 spiro atoms. The number of nitrogens with zero attached hydrogens (tertiary/aromatic N) is 1. The topological polar surface area (TPSA) is 84.6 Å². The second-order valence-corrected chi connectivity index (χ2v) is 4.54. The van der Waals surface area contributed by atoms with Crippen molar-refractivity contribution in [1.29, 1.82) is 0 Å². The number of aliphatic hydroxyl groups excluding tert-OH is 1. The van der Waals surface area contributed by atoms with Crippen molar-refractivity contribution in [2.75, 3.05) is 20.3 Å². The third-order valence-corrected chi connectivity index (χ3v) is 2.84. The van der Waals surface area contributed by atoms with Gasteiger partial charge in [0.05, 0.1) is 18.1 Å². The molecule has 0 heterocycles. The minimum atomic E-state index is -0.430. The smallest absolute Gasteiger partial charge is 0.273 e. The van der Waals surface area contributed by atoms with E-state index in [0.29, 0.717) is 18.2 Å². The van der Waals surface area contributed by atoms with Crippen LogP contribution < -0.4 is 10.1 Å². The van der Waals surface area contributed by atoms with Crippen molar-refractivity contribution in [3.63, 3.8) is 0 Å². The summed E-state index contributed by atoms with van der Waals surface area (Å²) in [6.07, 6.45) is 0.741. The number of non-ortho nitro benzene ring substituents is 1. The molecule has 0 saturated carbocycles. The van der Waals surface area contributed by atoms with Crippen molar-refractivity contribution in [3.05, 3.63) is 33.9 Å². The van der Waals surface area contributed by atoms with Gasteiger partial charge in [-0.3, -0.25) is 10.1 Å². The molecule has 1 atom stereocenters. The second kappa shape index (κ2) is 7.70. The number of nitro groups is 1. The van der Waals surface area contributed by atoms with Gasteiger partial charge in [0.1, 0.15) is 5.75 Å². The summed E-state index contributed by atoms with van der Waals surface area (Å²) in [6, 6.07) is 4.71. The van der Waals surface area contributed by atoms with Gasteiger partial charge in [-0.2, -0.15) is 0 Å². The SMILES string of the molecule is COc1cc(CNCC(C)CCO)cc([N+](=O)[O-])c1. The van der Waals surface area contributed by atoms with Crippen LogP contribution in [0, 0.1) is 16.0 Å². The first-order valence-electron chi connectivity index (χ1n) is 6.20. The molecule has 0 aliphatic rings. The van der Waals surface area contributed by atoms with Crippen molar-refractivity contribution < 1.29 is 14.8 Å². The molecule has 1 aromatic carbocycles. The molecule has 0 bridgehead atoms. The largest absolute Gasteiger partial charge is 0.496 e. The van der Waals surface area contributed by atoms with E-state index in [1.54, 1.807) is 6.07 Å². The number of aliphatic hydroxyl groups is 1. The van der Waals surface area contributed by atoms with Crippen LogP contribution in [0.3, 0.4) is 0 Å². The molecule has 6 heteroatoms. The molecule has 0 amide bonds. The van der Waals surface area contributed by atoms with E-state index in [1.807, 2.05) is 6.92 Å². The average Bonchev–Trinajstić information content (AvgIpc) is 2.38. The van der Waals surface area contributed by atoms with Gasteiger partial charge in [0.25, 0.3) is 5.69 Å². The molecule has 19 heavy (non-hydrogen) atoms. The average molecular weight is 268 g/mol. The number of nitrogens with one attached hydrogen (secondary N) is 1. The highest BCUT2D eigenvalue weighted by molar-refractivity contribution is 5.42. The summed E-state index contributed by atoms with van der Waals surface area (Å²) in [5.41, 5.74) is 0.835. The number of benzene rings is 1. The predicted octanol–water partition coefficient (Wildman–Crippen LogP) is 1.71. The molecule has 1 aromatic rings. The third-order valence-electron chi connectivity index (χ3n) is 2.84. The molecule has 6 nitrogen and oxygen atoms in total. The van der Waals surface area contributed by atoms with Crippen LogP contribution in [0.15, 0.2) is 18.2 Å². The van der Waals surface area contributed by atoms with Crippen LogP contribution in [0.25, 0.3) is 0 Å². The summed E-state index contributed by atoms with van der Waals surface area (Å²) in [6.45, 7) is 3.50. The number of hydrogen-bond donors (Lipinski definition) is 2. The van der Waals surface area contributed by atoms with Crippen molar-refractivity contribution in [2.45, 2.75) is 19.9 Å². The molecular weight excluding hydrogens is 248 g/mol. The van der Waals surface area contributed by atoms with Crippen LogP contribution >= 0.6 is 0 Å². The standard InChI is InChI=1S/C13H20N2O4/c1-10(3-4-16)8-14-9-11-5-12(15(17)18)7-13(6-11)19-2/h5-7,10,14,16H,3-4,8-9H2,1-2H3. The van der Waals surface area contributed by atoms with Crippen LogP contribution in [0.5, 0.6) is 5.75 Å². The number of nitro benzene ring substituents is 1. The fourth-order valence-electron chi connectivity index (χ4n) is 1.75. The Morgan fingerprint density at radius 1 is 1.47 bits per heavy atom. The zero-order chi connectivity index (χ0) is 14.3. The highest BCUT2D eigenvalue weighted by atomic mass is 16.6. The summed E-state index contributed by atoms with van der Waals surface area (Å²) < 4.78 is 5.05. The third kappa shape index (κ3) is 5.23. The molecule has 0 fully saturated rings. The van der Waals surface area contributed by atoms with Crippen LogP contribution in [0.4, 0.5) is 5.69 Å². The molecule has 0 saturated heterocycles. The van der Waals surface area contributed by atoms with Gasteiger partial charge in [-0.15, -0.1) is 0 Å². The van der Waals surface area contributed by atoms with Crippen molar-refractivity contribution in [2.24, 2.45) is 5.92 Å². The molecule has 2 N–H and O–H groups in total. The number of ether oxygens (including phenoxy) is 1. The Labute approximate surface area is 112 Å². The van der Waals surface area contributed by atoms with E-state index in [-0.39, 0.29) is 12.3 Å². The number of hydrogen-bond acceptors (Lipinski definition) is 5. The molecule has 1 unspecified atom stereocenters. The lowest BCUT2D eigenvalue weighted by Crippen LogP contribution is -2.21. The van der Waals surface area contributed by atoms with Gasteiger partial charge in [0.15, 0.2) is 0 Å². The molecule has 0 aliphatic carbocycles. The Hall–Kier alpha value is -1.66. The van der Waals surface area contributed by atoms with Gasteiger partial charge in [-0.05, 0) is 30.5 Å². The Bertz CT molecular complexity index is 423. The van der Waals surface area contributed by atoms with Crippen LogP contribution in [-0.4, -0.2) is 30.3 Å². The maximum Gasteiger partial charge on any atom is 0.273 e. The lowest BCUT2D eigenvalue weighted by Gasteiger charge is -2.11. The zero-order valence-electron chi connectivity index (χ0n) is 11.3. The lowest BCUT2D eigenvalue weighted by molar-refractivity contribution is -0.385. The maximum atomic E-state index is 10.8. The summed E-state index contributed by atoms with van der Waals surface area (Å²) in [7, 11) is 1.49. The molecule has 1 rings (SSSR count). The van der Waals surface area contributed by atoms with E-state index >= 15 is 0 Å². The maximum absolute atomic E-state index is 10.8. The molecular formula is C13H20N2O4. The van der Waals surface area contributed by atoms with Gasteiger partial charge in [-0.25, -0.2) is 0 Å². The number of methoxy groups -OCH3 is 1. The zero-order valence-corrected chi connectivity index (χ0v) is 11.3. The van der Waals surface area contributed by atoms with Crippen LogP contribution in [0.2, 0.25) is 0 Å². The van der Waals surface area contributed by atoms with Gasteiger partial charge < -0.3 is 15.2 Å². The highest BCUT2D eigenvalue weighted by Gasteiger charge is 2.10. The Balaban J connectivity index is 2.62. The summed E-state index contributed by atoms with van der Waals surface area (Å²) >= 11 is 0. The van der Waals surface area contributed by atoms with Crippen LogP contribution in [-0.2, 0) is 6.54 Å². The first kappa shape index (κ1) is 15.4. The second-order valence-electron chi connectivity index (χ2n) is 4.54. The quantitative estimate of drug-likeness (QED) is 0.554. The molecule has 106 valence electrons. The monoisotopic (exact) mass is 268 g/mol. The molecule has 0 aromatic heterocycles. The predicted molar refractivity (Wildman–Crippen MR) is 72.2 cm³/mol. The summed E-state index contributed by atoms with van der Waals surface area (Å²) in [5.74, 6) is 0.847. The van der Waals surface area contributed by atoms with Crippen molar-refractivity contribution in [1.82, 2.24) is 5.32 Å². The Kier molecular flexibility index (Phi) is 6.24. The van der Waals surface area contributed by atoms with Gasteiger partial charge >= 0.3 is 0 Å². The first-order valence-corrected chi connectivity index (χ1v) is 6.20. The van der Waals surface area contributed by atoms with E-state index in [2.05, 4.69) is 5.32 Å². The van der Waals surface area contributed by atoms with E-state index in [4.69, 9.17) is 9.84 Å². The number of rotatable bonds is 8. The highest BCUT2D eigenvalue weighted by Crippen LogP contribution is 2.22. The fraction of sp³-hybridized carbons (Fsp3) is 0.538. The fourth-order valence-corrected chi connectivity index (χ4v) is 1.75. The molecule has 0 radical (unpaired) electrons. The van der Waals surface area contributed by atoms with E-state index in [9.17, 15) is 10.1 Å². The summed E-state index contributed by atoms with van der Waals surface area (Å²) in [5, 5.41) is 22.8. The Morgan fingerprint density at radius 3 is 2.79 bits per heavy atom.